The predicted molar refractivity (Wildman–Crippen MR) is 72.3 cm³/mol. The first-order valence-corrected chi connectivity index (χ1v) is 6.35. The Morgan fingerprint density at radius 1 is 1.50 bits per heavy atom. The van der Waals surface area contributed by atoms with Crippen LogP contribution in [0.2, 0.25) is 0 Å². The molecule has 0 heterocycles. The van der Waals surface area contributed by atoms with Gasteiger partial charge in [0.15, 0.2) is 0 Å². The van der Waals surface area contributed by atoms with E-state index in [1.165, 1.54) is 0 Å². The molecule has 0 spiro atoms. The summed E-state index contributed by atoms with van der Waals surface area (Å²) in [5, 5.41) is 12.1. The molecule has 4 heteroatoms. The number of rotatable bonds is 6. The summed E-state index contributed by atoms with van der Waals surface area (Å²) in [5.41, 5.74) is 6.82. The molecule has 0 aliphatic rings. The minimum atomic E-state index is -0.445. The van der Waals surface area contributed by atoms with Crippen molar-refractivity contribution in [1.82, 2.24) is 5.32 Å². The van der Waals surface area contributed by atoms with Crippen LogP contribution in [0.5, 0.6) is 5.75 Å². The molecule has 1 amide bonds. The van der Waals surface area contributed by atoms with E-state index in [-0.39, 0.29) is 17.6 Å². The molecule has 4 N–H and O–H groups in total. The van der Waals surface area contributed by atoms with Gasteiger partial charge in [-0.1, -0.05) is 32.4 Å². The molecule has 0 radical (unpaired) electrons. The van der Waals surface area contributed by atoms with Crippen LogP contribution in [0.3, 0.4) is 0 Å². The van der Waals surface area contributed by atoms with Gasteiger partial charge >= 0.3 is 0 Å². The van der Waals surface area contributed by atoms with Gasteiger partial charge in [0.25, 0.3) is 0 Å². The lowest BCUT2D eigenvalue weighted by Crippen LogP contribution is -2.45. The molecule has 0 bridgehead atoms. The highest BCUT2D eigenvalue weighted by Gasteiger charge is 2.18. The molecule has 100 valence electrons. The normalized spacial score (nSPS) is 13.9. The van der Waals surface area contributed by atoms with E-state index in [1.807, 2.05) is 19.9 Å². The number of hydrogen-bond donors (Lipinski definition) is 3. The molecular formula is C14H22N2O2. The first kappa shape index (κ1) is 14.5. The van der Waals surface area contributed by atoms with E-state index in [9.17, 15) is 9.90 Å². The number of amides is 1. The first-order chi connectivity index (χ1) is 8.54. The summed E-state index contributed by atoms with van der Waals surface area (Å²) in [6.45, 7) is 4.52. The molecule has 0 aromatic heterocycles. The van der Waals surface area contributed by atoms with Crippen LogP contribution in [0.1, 0.15) is 25.8 Å². The average Bonchev–Trinajstić information content (AvgIpc) is 2.36. The van der Waals surface area contributed by atoms with Crippen molar-refractivity contribution in [1.29, 1.82) is 0 Å². The number of phenols is 1. The summed E-state index contributed by atoms with van der Waals surface area (Å²) in [6.07, 6.45) is 1.58. The van der Waals surface area contributed by atoms with E-state index >= 15 is 0 Å². The fourth-order valence-electron chi connectivity index (χ4n) is 1.67. The largest absolute Gasteiger partial charge is 0.508 e. The molecule has 4 nitrogen and oxygen atoms in total. The second-order valence-electron chi connectivity index (χ2n) is 4.62. The van der Waals surface area contributed by atoms with Crippen LogP contribution in [-0.2, 0) is 11.2 Å². The van der Waals surface area contributed by atoms with Gasteiger partial charge in [0.05, 0.1) is 6.04 Å². The zero-order chi connectivity index (χ0) is 13.5. The Hall–Kier alpha value is -1.55. The third-order valence-electron chi connectivity index (χ3n) is 3.18. The quantitative estimate of drug-likeness (QED) is 0.715. The fraction of sp³-hybridized carbons (Fsp3) is 0.500. The summed E-state index contributed by atoms with van der Waals surface area (Å²) in [7, 11) is 0. The maximum Gasteiger partial charge on any atom is 0.237 e. The molecule has 1 aromatic rings. The van der Waals surface area contributed by atoms with Crippen LogP contribution in [-0.4, -0.2) is 23.6 Å². The zero-order valence-corrected chi connectivity index (χ0v) is 11.0. The van der Waals surface area contributed by atoms with E-state index in [0.29, 0.717) is 13.0 Å². The van der Waals surface area contributed by atoms with Gasteiger partial charge in [-0.05, 0) is 30.0 Å². The maximum atomic E-state index is 11.7. The van der Waals surface area contributed by atoms with Crippen LogP contribution in [0.25, 0.3) is 0 Å². The van der Waals surface area contributed by atoms with Gasteiger partial charge in [0.2, 0.25) is 5.91 Å². The monoisotopic (exact) mass is 250 g/mol. The lowest BCUT2D eigenvalue weighted by atomic mass is 9.99. The lowest BCUT2D eigenvalue weighted by Gasteiger charge is -2.17. The number of phenolic OH excluding ortho intramolecular Hbond substituents is 1. The number of carbonyl (C=O) groups is 1. The number of hydrogen-bond acceptors (Lipinski definition) is 3. The Morgan fingerprint density at radius 2 is 2.22 bits per heavy atom. The standard InChI is InChI=1S/C14H22N2O2/c1-3-10(2)13(15)14(18)16-8-7-11-5-4-6-12(17)9-11/h4-6,9-10,13,17H,3,7-8,15H2,1-2H3,(H,16,18)/t10?,13-/m0/s1. The molecule has 0 saturated heterocycles. The minimum Gasteiger partial charge on any atom is -0.508 e. The van der Waals surface area contributed by atoms with E-state index < -0.39 is 6.04 Å². The topological polar surface area (TPSA) is 75.4 Å². The van der Waals surface area contributed by atoms with Crippen molar-refractivity contribution in [2.75, 3.05) is 6.54 Å². The predicted octanol–water partition coefficient (Wildman–Crippen LogP) is 1.42. The van der Waals surface area contributed by atoms with Crippen molar-refractivity contribution < 1.29 is 9.90 Å². The van der Waals surface area contributed by atoms with Gasteiger partial charge in [-0.2, -0.15) is 0 Å². The molecule has 1 aromatic carbocycles. The Kier molecular flexibility index (Phi) is 5.65. The maximum absolute atomic E-state index is 11.7. The first-order valence-electron chi connectivity index (χ1n) is 6.35. The molecule has 0 fully saturated rings. The zero-order valence-electron chi connectivity index (χ0n) is 11.0. The summed E-state index contributed by atoms with van der Waals surface area (Å²) in [6, 6.07) is 6.58. The van der Waals surface area contributed by atoms with Crippen molar-refractivity contribution in [3.8, 4) is 5.75 Å². The summed E-state index contributed by atoms with van der Waals surface area (Å²) >= 11 is 0. The van der Waals surface area contributed by atoms with Crippen molar-refractivity contribution in [3.05, 3.63) is 29.8 Å². The van der Waals surface area contributed by atoms with Crippen molar-refractivity contribution in [3.63, 3.8) is 0 Å². The highest BCUT2D eigenvalue weighted by Crippen LogP contribution is 2.11. The number of nitrogens with two attached hydrogens (primary N) is 1. The second-order valence-corrected chi connectivity index (χ2v) is 4.62. The van der Waals surface area contributed by atoms with Gasteiger partial charge in [0, 0.05) is 6.54 Å². The van der Waals surface area contributed by atoms with Crippen molar-refractivity contribution in [2.45, 2.75) is 32.7 Å². The summed E-state index contributed by atoms with van der Waals surface area (Å²) in [5.74, 6) is 0.324. The minimum absolute atomic E-state index is 0.107. The van der Waals surface area contributed by atoms with Crippen LogP contribution in [0.4, 0.5) is 0 Å². The Labute approximate surface area is 108 Å². The van der Waals surface area contributed by atoms with Gasteiger partial charge in [-0.3, -0.25) is 4.79 Å². The SMILES string of the molecule is CCC(C)[C@H](N)C(=O)NCCc1cccc(O)c1. The highest BCUT2D eigenvalue weighted by molar-refractivity contribution is 5.81. The van der Waals surface area contributed by atoms with Crippen molar-refractivity contribution in [2.24, 2.45) is 11.7 Å². The molecule has 0 saturated carbocycles. The molecule has 0 aliphatic carbocycles. The number of nitrogens with one attached hydrogen (secondary N) is 1. The Morgan fingerprint density at radius 3 is 2.83 bits per heavy atom. The Bertz CT molecular complexity index is 393. The molecule has 2 atom stereocenters. The molecule has 0 aliphatic heterocycles. The lowest BCUT2D eigenvalue weighted by molar-refractivity contribution is -0.123. The molecule has 1 unspecified atom stereocenters. The molecule has 1 rings (SSSR count). The number of carbonyl (C=O) groups excluding carboxylic acids is 1. The fourth-order valence-corrected chi connectivity index (χ4v) is 1.67. The van der Waals surface area contributed by atoms with Crippen molar-refractivity contribution >= 4 is 5.91 Å². The van der Waals surface area contributed by atoms with Crippen LogP contribution in [0, 0.1) is 5.92 Å². The summed E-state index contributed by atoms with van der Waals surface area (Å²) < 4.78 is 0. The van der Waals surface area contributed by atoms with E-state index in [1.54, 1.807) is 18.2 Å². The summed E-state index contributed by atoms with van der Waals surface area (Å²) in [4.78, 5) is 11.7. The number of aromatic hydroxyl groups is 1. The highest BCUT2D eigenvalue weighted by atomic mass is 16.3. The second kappa shape index (κ2) is 7.01. The molecular weight excluding hydrogens is 228 g/mol. The Balaban J connectivity index is 2.36. The number of benzene rings is 1. The van der Waals surface area contributed by atoms with Gasteiger partial charge in [0.1, 0.15) is 5.75 Å². The van der Waals surface area contributed by atoms with E-state index in [0.717, 1.165) is 12.0 Å². The van der Waals surface area contributed by atoms with Gasteiger partial charge in [-0.25, -0.2) is 0 Å². The third-order valence-corrected chi connectivity index (χ3v) is 3.18. The van der Waals surface area contributed by atoms with Crippen LogP contribution < -0.4 is 11.1 Å². The van der Waals surface area contributed by atoms with Crippen LogP contribution >= 0.6 is 0 Å². The average molecular weight is 250 g/mol. The third kappa shape index (κ3) is 4.37. The van der Waals surface area contributed by atoms with Gasteiger partial charge < -0.3 is 16.2 Å². The smallest absolute Gasteiger partial charge is 0.237 e. The van der Waals surface area contributed by atoms with E-state index in [4.69, 9.17) is 5.73 Å². The van der Waals surface area contributed by atoms with Crippen LogP contribution in [0.15, 0.2) is 24.3 Å². The molecule has 18 heavy (non-hydrogen) atoms. The van der Waals surface area contributed by atoms with E-state index in [2.05, 4.69) is 5.32 Å². The van der Waals surface area contributed by atoms with Gasteiger partial charge in [-0.15, -0.1) is 0 Å².